The van der Waals surface area contributed by atoms with Gasteiger partial charge in [0.1, 0.15) is 24.6 Å². The molecule has 2 amide bonds. The van der Waals surface area contributed by atoms with Gasteiger partial charge in [-0.3, -0.25) is 19.2 Å². The molecule has 0 aliphatic rings. The number of amides is 2. The van der Waals surface area contributed by atoms with Crippen LogP contribution in [0.3, 0.4) is 0 Å². The number of carbonyl (C=O) groups is 4. The predicted molar refractivity (Wildman–Crippen MR) is 206 cm³/mol. The van der Waals surface area contributed by atoms with Crippen LogP contribution < -0.4 is 10.1 Å². The van der Waals surface area contributed by atoms with Crippen LogP contribution in [0.15, 0.2) is 48.5 Å². The summed E-state index contributed by atoms with van der Waals surface area (Å²) in [6.45, 7) is 3.92. The summed E-state index contributed by atoms with van der Waals surface area (Å²) in [5, 5.41) is 26.1. The minimum atomic E-state index is -1.13. The Kier molecular flexibility index (Phi) is 20.5. The van der Waals surface area contributed by atoms with Crippen LogP contribution in [0.1, 0.15) is 123 Å². The highest BCUT2D eigenvalue weighted by Crippen LogP contribution is 2.25. The van der Waals surface area contributed by atoms with Crippen LogP contribution in [-0.2, 0) is 19.2 Å². The molecule has 3 N–H and O–H groups in total. The Bertz CT molecular complexity index is 1480. The molecule has 12 heteroatoms. The van der Waals surface area contributed by atoms with E-state index in [1.54, 1.807) is 6.92 Å². The maximum absolute atomic E-state index is 12.6. The van der Waals surface area contributed by atoms with Crippen LogP contribution in [0.25, 0.3) is 22.5 Å². The molecule has 0 saturated carbocycles. The van der Waals surface area contributed by atoms with Crippen LogP contribution in [0.4, 0.5) is 0 Å². The summed E-state index contributed by atoms with van der Waals surface area (Å²) >= 11 is 0. The van der Waals surface area contributed by atoms with Gasteiger partial charge in [0.05, 0.1) is 6.61 Å². The van der Waals surface area contributed by atoms with Crippen molar-refractivity contribution in [1.29, 1.82) is 0 Å². The van der Waals surface area contributed by atoms with Crippen LogP contribution in [0.5, 0.6) is 5.75 Å². The third kappa shape index (κ3) is 18.1. The summed E-state index contributed by atoms with van der Waals surface area (Å²) in [5.41, 5.74) is 3.17. The molecule has 0 aliphatic carbocycles. The molecule has 1 atom stereocenters. The second kappa shape index (κ2) is 25.4. The molecule has 2 aromatic carbocycles. The number of nitrogens with one attached hydrogen (secondary N) is 2. The highest BCUT2D eigenvalue weighted by atomic mass is 16.5. The lowest BCUT2D eigenvalue weighted by atomic mass is 10.0. The molecule has 3 aromatic rings. The van der Waals surface area contributed by atoms with Crippen molar-refractivity contribution >= 4 is 23.6 Å². The number of carboxylic acids is 1. The largest absolute Gasteiger partial charge is 0.494 e. The summed E-state index contributed by atoms with van der Waals surface area (Å²) in [5.74, 6) is -0.131. The fraction of sp³-hybridized carbons (Fsp3) is 0.585. The first kappa shape index (κ1) is 42.8. The summed E-state index contributed by atoms with van der Waals surface area (Å²) in [6, 6.07) is 16.3. The number of benzene rings is 2. The molecule has 0 fully saturated rings. The van der Waals surface area contributed by atoms with E-state index in [1.807, 2.05) is 31.2 Å². The molecule has 1 heterocycles. The third-order valence-electron chi connectivity index (χ3n) is 9.57. The van der Waals surface area contributed by atoms with Gasteiger partial charge < -0.3 is 20.1 Å². The van der Waals surface area contributed by atoms with Crippen molar-refractivity contribution in [2.24, 2.45) is 5.92 Å². The number of H-pyrrole nitrogens is 1. The number of rotatable bonds is 29. The number of aromatic amines is 1. The zero-order chi connectivity index (χ0) is 38.1. The maximum Gasteiger partial charge on any atom is 0.323 e. The summed E-state index contributed by atoms with van der Waals surface area (Å²) in [6.07, 6.45) is 17.3. The number of nitrogens with zero attached hydrogens (tertiary/aromatic N) is 4. The highest BCUT2D eigenvalue weighted by molar-refractivity contribution is 5.87. The number of Topliss-reactive ketones (excluding diaryl/α,β-unsaturated/α-hetero) is 1. The van der Waals surface area contributed by atoms with Crippen molar-refractivity contribution in [3.8, 4) is 28.3 Å². The van der Waals surface area contributed by atoms with Crippen LogP contribution in [0, 0.1) is 5.92 Å². The van der Waals surface area contributed by atoms with Gasteiger partial charge in [0.25, 0.3) is 0 Å². The predicted octanol–water partition coefficient (Wildman–Crippen LogP) is 7.80. The molecule has 0 aliphatic heterocycles. The number of ketones is 1. The number of carboxylic acid groups (broad SMARTS) is 1. The fourth-order valence-corrected chi connectivity index (χ4v) is 6.14. The van der Waals surface area contributed by atoms with E-state index in [0.717, 1.165) is 78.9 Å². The molecular formula is C41H60N6O6. The van der Waals surface area contributed by atoms with Gasteiger partial charge in [0.15, 0.2) is 0 Å². The van der Waals surface area contributed by atoms with E-state index in [4.69, 9.17) is 4.74 Å². The molecule has 0 unspecified atom stereocenters. The van der Waals surface area contributed by atoms with Crippen molar-refractivity contribution in [3.63, 3.8) is 0 Å². The average Bonchev–Trinajstić information content (AvgIpc) is 3.69. The molecule has 0 spiro atoms. The number of ether oxygens (including phenoxy) is 1. The Morgan fingerprint density at radius 2 is 1.28 bits per heavy atom. The minimum absolute atomic E-state index is 0.0127. The van der Waals surface area contributed by atoms with Crippen molar-refractivity contribution < 1.29 is 29.0 Å². The van der Waals surface area contributed by atoms with E-state index in [2.05, 4.69) is 50.2 Å². The molecule has 0 bridgehead atoms. The van der Waals surface area contributed by atoms with Crippen molar-refractivity contribution in [2.75, 3.05) is 26.2 Å². The zero-order valence-electron chi connectivity index (χ0n) is 31.8. The van der Waals surface area contributed by atoms with Gasteiger partial charge in [-0.2, -0.15) is 5.21 Å². The monoisotopic (exact) mass is 732 g/mol. The normalized spacial score (nSPS) is 11.6. The first-order valence-electron chi connectivity index (χ1n) is 19.6. The van der Waals surface area contributed by atoms with E-state index in [9.17, 15) is 24.3 Å². The molecule has 0 radical (unpaired) electrons. The van der Waals surface area contributed by atoms with Gasteiger partial charge in [0.2, 0.25) is 17.6 Å². The Morgan fingerprint density at radius 1 is 0.736 bits per heavy atom. The van der Waals surface area contributed by atoms with Gasteiger partial charge in [-0.05, 0) is 61.1 Å². The van der Waals surface area contributed by atoms with Crippen LogP contribution >= 0.6 is 0 Å². The van der Waals surface area contributed by atoms with E-state index in [-0.39, 0.29) is 36.5 Å². The number of hydrogen-bond donors (Lipinski definition) is 3. The number of tetrazole rings is 1. The lowest BCUT2D eigenvalue weighted by molar-refractivity contribution is -0.146. The fourth-order valence-electron chi connectivity index (χ4n) is 6.14. The lowest BCUT2D eigenvalue weighted by Gasteiger charge is -2.20. The Labute approximate surface area is 314 Å². The zero-order valence-corrected chi connectivity index (χ0v) is 31.8. The number of hydrogen-bond acceptors (Lipinski definition) is 8. The number of unbranched alkanes of at least 4 members (excludes halogenated alkanes) is 13. The third-order valence-corrected chi connectivity index (χ3v) is 9.57. The lowest BCUT2D eigenvalue weighted by Crippen LogP contribution is -2.43. The Hall–Kier alpha value is -4.61. The van der Waals surface area contributed by atoms with Crippen molar-refractivity contribution in [1.82, 2.24) is 30.8 Å². The maximum atomic E-state index is 12.6. The smallest absolute Gasteiger partial charge is 0.323 e. The van der Waals surface area contributed by atoms with E-state index < -0.39 is 12.5 Å². The molecule has 12 nitrogen and oxygen atoms in total. The van der Waals surface area contributed by atoms with Gasteiger partial charge in [-0.25, -0.2) is 0 Å². The molecule has 0 saturated heterocycles. The van der Waals surface area contributed by atoms with Gasteiger partial charge >= 0.3 is 5.97 Å². The summed E-state index contributed by atoms with van der Waals surface area (Å²) in [4.78, 5) is 48.7. The number of aliphatic carboxylic acids is 1. The quantitative estimate of drug-likeness (QED) is 0.0604. The number of aromatic nitrogens is 4. The molecule has 1 aromatic heterocycles. The van der Waals surface area contributed by atoms with Crippen LogP contribution in [-0.4, -0.2) is 80.4 Å². The van der Waals surface area contributed by atoms with Crippen molar-refractivity contribution in [3.05, 3.63) is 48.5 Å². The second-order valence-electron chi connectivity index (χ2n) is 14.0. The topological polar surface area (TPSA) is 167 Å². The van der Waals surface area contributed by atoms with Gasteiger partial charge in [-0.15, -0.1) is 10.2 Å². The summed E-state index contributed by atoms with van der Waals surface area (Å²) in [7, 11) is 0. The number of carbonyl (C=O) groups excluding carboxylic acids is 3. The summed E-state index contributed by atoms with van der Waals surface area (Å²) < 4.78 is 5.96. The van der Waals surface area contributed by atoms with E-state index in [0.29, 0.717) is 18.8 Å². The van der Waals surface area contributed by atoms with Crippen LogP contribution in [0.2, 0.25) is 0 Å². The van der Waals surface area contributed by atoms with Gasteiger partial charge in [-0.1, -0.05) is 120 Å². The first-order valence-corrected chi connectivity index (χ1v) is 19.6. The van der Waals surface area contributed by atoms with E-state index >= 15 is 0 Å². The second-order valence-corrected chi connectivity index (χ2v) is 14.0. The minimum Gasteiger partial charge on any atom is -0.494 e. The van der Waals surface area contributed by atoms with E-state index in [1.165, 1.54) is 51.4 Å². The van der Waals surface area contributed by atoms with Gasteiger partial charge in [0, 0.05) is 24.4 Å². The molecule has 290 valence electrons. The first-order chi connectivity index (χ1) is 25.7. The molecular weight excluding hydrogens is 672 g/mol. The SMILES string of the molecule is CC(=O)[C@@H](C)CCCCNC(=O)CN(CC(=O)O)C(=O)CCCCCCCCCCCCCCCOc1ccc(-c2ccc(-c3nn[nH]n3)cc2)cc1. The average molecular weight is 733 g/mol. The van der Waals surface area contributed by atoms with Crippen molar-refractivity contribution in [2.45, 2.75) is 123 Å². The standard InChI is InChI=1S/C41H60N6O6/c1-32(33(2)48)18-15-16-28-42-38(49)30-47(31-40(51)52)39(50)19-14-12-10-8-6-4-3-5-7-9-11-13-17-29-53-37-26-24-35(25-27-37)34-20-22-36(23-21-34)41-43-45-46-44-41/h20-27,32H,3-19,28-31H2,1-2H3,(H,42,49)(H,51,52)(H,43,44,45,46)/t32-/m0/s1. The molecule has 53 heavy (non-hydrogen) atoms. The Balaban J connectivity index is 1.11. The highest BCUT2D eigenvalue weighted by Gasteiger charge is 2.19. The molecule has 3 rings (SSSR count). The Morgan fingerprint density at radius 3 is 1.83 bits per heavy atom.